The van der Waals surface area contributed by atoms with Crippen molar-refractivity contribution in [2.45, 2.75) is 6.18 Å². The van der Waals surface area contributed by atoms with Crippen LogP contribution in [-0.2, 0) is 6.18 Å². The normalized spacial score (nSPS) is 11.0. The number of hydrogen-bond donors (Lipinski definition) is 2. The first-order valence-corrected chi connectivity index (χ1v) is 8.77. The molecule has 4 nitrogen and oxygen atoms in total. The number of amides is 2. The van der Waals surface area contributed by atoms with Crippen molar-refractivity contribution in [1.29, 1.82) is 0 Å². The van der Waals surface area contributed by atoms with E-state index in [0.717, 1.165) is 12.1 Å². The van der Waals surface area contributed by atoms with Crippen molar-refractivity contribution in [2.24, 2.45) is 0 Å². The lowest BCUT2D eigenvalue weighted by molar-refractivity contribution is -0.137. The topological polar surface area (TPSA) is 58.2 Å². The molecule has 2 amide bonds. The van der Waals surface area contributed by atoms with Gasteiger partial charge < -0.3 is 10.6 Å². The molecular formula is C21H14ClF3N2O2. The van der Waals surface area contributed by atoms with Crippen LogP contribution >= 0.6 is 11.6 Å². The van der Waals surface area contributed by atoms with Gasteiger partial charge >= 0.3 is 6.18 Å². The molecule has 3 aromatic carbocycles. The van der Waals surface area contributed by atoms with Crippen molar-refractivity contribution in [2.75, 3.05) is 10.6 Å². The van der Waals surface area contributed by atoms with E-state index in [9.17, 15) is 22.8 Å². The number of rotatable bonds is 4. The summed E-state index contributed by atoms with van der Waals surface area (Å²) in [4.78, 5) is 24.9. The van der Waals surface area contributed by atoms with Crippen molar-refractivity contribution in [3.63, 3.8) is 0 Å². The zero-order valence-electron chi connectivity index (χ0n) is 14.8. The van der Waals surface area contributed by atoms with Crippen LogP contribution in [0.2, 0.25) is 5.02 Å². The van der Waals surface area contributed by atoms with E-state index in [0.29, 0.717) is 10.6 Å². The second-order valence-electron chi connectivity index (χ2n) is 6.00. The lowest BCUT2D eigenvalue weighted by Crippen LogP contribution is -2.20. The summed E-state index contributed by atoms with van der Waals surface area (Å²) >= 11 is 5.80. The zero-order chi connectivity index (χ0) is 21.0. The van der Waals surface area contributed by atoms with E-state index >= 15 is 0 Å². The maximum atomic E-state index is 13.2. The predicted octanol–water partition coefficient (Wildman–Crippen LogP) is 5.86. The van der Waals surface area contributed by atoms with Crippen LogP contribution in [0.5, 0.6) is 0 Å². The van der Waals surface area contributed by atoms with Crippen molar-refractivity contribution in [3.05, 3.63) is 94.5 Å². The number of benzene rings is 3. The molecule has 3 rings (SSSR count). The maximum Gasteiger partial charge on any atom is 0.417 e. The smallest absolute Gasteiger partial charge is 0.320 e. The Morgan fingerprint density at radius 3 is 1.83 bits per heavy atom. The summed E-state index contributed by atoms with van der Waals surface area (Å²) in [7, 11) is 0. The summed E-state index contributed by atoms with van der Waals surface area (Å²) in [5.74, 6) is -1.40. The highest BCUT2D eigenvalue weighted by Gasteiger charge is 2.34. The quantitative estimate of drug-likeness (QED) is 0.557. The monoisotopic (exact) mass is 418 g/mol. The van der Waals surface area contributed by atoms with E-state index in [2.05, 4.69) is 10.6 Å². The molecule has 0 saturated carbocycles. The lowest BCUT2D eigenvalue weighted by atomic mass is 10.1. The molecule has 0 saturated heterocycles. The Kier molecular flexibility index (Phi) is 5.89. The molecule has 0 aromatic heterocycles. The van der Waals surface area contributed by atoms with Crippen LogP contribution in [-0.4, -0.2) is 11.8 Å². The Bertz CT molecular complexity index is 1050. The third kappa shape index (κ3) is 4.94. The summed E-state index contributed by atoms with van der Waals surface area (Å²) in [6, 6.07) is 16.9. The van der Waals surface area contributed by atoms with Crippen molar-refractivity contribution < 1.29 is 22.8 Å². The molecule has 29 heavy (non-hydrogen) atoms. The third-order valence-electron chi connectivity index (χ3n) is 4.01. The second-order valence-corrected chi connectivity index (χ2v) is 6.44. The zero-order valence-corrected chi connectivity index (χ0v) is 15.5. The van der Waals surface area contributed by atoms with E-state index < -0.39 is 29.1 Å². The molecule has 0 radical (unpaired) electrons. The molecule has 0 aliphatic heterocycles. The van der Waals surface area contributed by atoms with Crippen LogP contribution < -0.4 is 10.6 Å². The summed E-state index contributed by atoms with van der Waals surface area (Å²) in [5, 5.41) is 5.53. The van der Waals surface area contributed by atoms with Gasteiger partial charge in [0.15, 0.2) is 0 Å². The number of carbonyl (C=O) groups excluding carboxylic acids is 2. The molecule has 148 valence electrons. The van der Waals surface area contributed by atoms with E-state index in [1.807, 2.05) is 0 Å². The van der Waals surface area contributed by atoms with Crippen molar-refractivity contribution >= 4 is 34.8 Å². The highest BCUT2D eigenvalue weighted by atomic mass is 35.5. The van der Waals surface area contributed by atoms with Crippen LogP contribution in [0.3, 0.4) is 0 Å². The first-order chi connectivity index (χ1) is 13.8. The third-order valence-corrected chi connectivity index (χ3v) is 4.26. The van der Waals surface area contributed by atoms with Gasteiger partial charge in [0.2, 0.25) is 0 Å². The number of nitrogens with one attached hydrogen (secondary N) is 2. The minimum Gasteiger partial charge on any atom is -0.320 e. The minimum atomic E-state index is -4.67. The molecular weight excluding hydrogens is 405 g/mol. The van der Waals surface area contributed by atoms with Gasteiger partial charge in [-0.25, -0.2) is 0 Å². The highest BCUT2D eigenvalue weighted by molar-refractivity contribution is 6.30. The molecule has 2 N–H and O–H groups in total. The summed E-state index contributed by atoms with van der Waals surface area (Å²) in [5.41, 5.74) is -0.820. The van der Waals surface area contributed by atoms with Gasteiger partial charge in [0, 0.05) is 10.6 Å². The highest BCUT2D eigenvalue weighted by Crippen LogP contribution is 2.32. The van der Waals surface area contributed by atoms with Gasteiger partial charge in [-0.3, -0.25) is 9.59 Å². The van der Waals surface area contributed by atoms with Crippen LogP contribution in [0.15, 0.2) is 72.8 Å². The van der Waals surface area contributed by atoms with E-state index in [4.69, 9.17) is 11.6 Å². The predicted molar refractivity (Wildman–Crippen MR) is 105 cm³/mol. The van der Waals surface area contributed by atoms with Crippen LogP contribution in [0.1, 0.15) is 26.3 Å². The fourth-order valence-electron chi connectivity index (χ4n) is 2.61. The van der Waals surface area contributed by atoms with Gasteiger partial charge in [0.1, 0.15) is 0 Å². The first-order valence-electron chi connectivity index (χ1n) is 8.39. The molecule has 0 unspecified atom stereocenters. The average molecular weight is 419 g/mol. The summed E-state index contributed by atoms with van der Waals surface area (Å²) in [6.07, 6.45) is -4.67. The number of para-hydroxylation sites is 2. The molecule has 0 heterocycles. The van der Waals surface area contributed by atoms with Gasteiger partial charge in [0.25, 0.3) is 11.8 Å². The Morgan fingerprint density at radius 1 is 0.724 bits per heavy atom. The Hall–Kier alpha value is -3.32. The Balaban J connectivity index is 1.84. The van der Waals surface area contributed by atoms with Gasteiger partial charge in [-0.1, -0.05) is 35.9 Å². The summed E-state index contributed by atoms with van der Waals surface area (Å²) < 4.78 is 39.5. The Morgan fingerprint density at radius 2 is 1.24 bits per heavy atom. The largest absolute Gasteiger partial charge is 0.417 e. The number of hydrogen-bond acceptors (Lipinski definition) is 2. The summed E-state index contributed by atoms with van der Waals surface area (Å²) in [6.45, 7) is 0. The minimum absolute atomic E-state index is 0.164. The van der Waals surface area contributed by atoms with Gasteiger partial charge in [-0.15, -0.1) is 0 Å². The Labute approximate surface area is 169 Å². The van der Waals surface area contributed by atoms with Gasteiger partial charge in [-0.05, 0) is 48.5 Å². The molecule has 0 bridgehead atoms. The lowest BCUT2D eigenvalue weighted by Gasteiger charge is -2.15. The van der Waals surface area contributed by atoms with E-state index in [1.165, 1.54) is 36.4 Å². The van der Waals surface area contributed by atoms with Gasteiger partial charge in [-0.2, -0.15) is 13.2 Å². The van der Waals surface area contributed by atoms with E-state index in [1.54, 1.807) is 24.3 Å². The standard InChI is InChI=1S/C21H14ClF3N2O2/c22-14-11-9-13(10-12-14)19(28)26-17-7-3-4-8-18(17)27-20(29)15-5-1-2-6-16(15)21(23,24)25/h1-12H,(H,26,28)(H,27,29). The fourth-order valence-corrected chi connectivity index (χ4v) is 2.74. The second kappa shape index (κ2) is 8.36. The van der Waals surface area contributed by atoms with Crippen molar-refractivity contribution in [1.82, 2.24) is 0 Å². The average Bonchev–Trinajstić information content (AvgIpc) is 2.69. The molecule has 3 aromatic rings. The fraction of sp³-hybridized carbons (Fsp3) is 0.0476. The molecule has 0 fully saturated rings. The molecule has 0 aliphatic rings. The number of alkyl halides is 3. The number of anilines is 2. The van der Waals surface area contributed by atoms with Crippen LogP contribution in [0, 0.1) is 0 Å². The molecule has 8 heteroatoms. The maximum absolute atomic E-state index is 13.2. The van der Waals surface area contributed by atoms with Gasteiger partial charge in [0.05, 0.1) is 22.5 Å². The molecule has 0 spiro atoms. The van der Waals surface area contributed by atoms with Crippen LogP contribution in [0.25, 0.3) is 0 Å². The van der Waals surface area contributed by atoms with Crippen molar-refractivity contribution in [3.8, 4) is 0 Å². The number of carbonyl (C=O) groups is 2. The number of halogens is 4. The first kappa shape index (κ1) is 20.4. The molecule has 0 atom stereocenters. The van der Waals surface area contributed by atoms with Crippen LogP contribution in [0.4, 0.5) is 24.5 Å². The molecule has 0 aliphatic carbocycles. The van der Waals surface area contributed by atoms with E-state index in [-0.39, 0.29) is 11.4 Å². The SMILES string of the molecule is O=C(Nc1ccccc1NC(=O)c1ccccc1C(F)(F)F)c1ccc(Cl)cc1.